The number of hydrogen-bond donors (Lipinski definition) is 0. The summed E-state index contributed by atoms with van der Waals surface area (Å²) >= 11 is 3.05. The van der Waals surface area contributed by atoms with Gasteiger partial charge in [-0.2, -0.15) is 0 Å². The molecule has 13 heavy (non-hydrogen) atoms. The number of aryl methyl sites for hydroxylation is 1. The lowest BCUT2D eigenvalue weighted by atomic mass is 10.2. The lowest BCUT2D eigenvalue weighted by molar-refractivity contribution is 0.144. The summed E-state index contributed by atoms with van der Waals surface area (Å²) in [6.45, 7) is 1.71. The zero-order chi connectivity index (χ0) is 10.0. The molecule has 0 spiro atoms. The molecule has 1 rings (SSSR count). The Morgan fingerprint density at radius 2 is 2.15 bits per heavy atom. The minimum Gasteiger partial charge on any atom is -0.481 e. The Kier molecular flexibility index (Phi) is 3.19. The van der Waals surface area contributed by atoms with E-state index in [9.17, 15) is 8.78 Å². The van der Waals surface area contributed by atoms with Gasteiger partial charge in [0.1, 0.15) is 5.69 Å². The van der Waals surface area contributed by atoms with E-state index in [4.69, 9.17) is 4.74 Å². The topological polar surface area (TPSA) is 22.1 Å². The molecule has 1 aromatic heterocycles. The van der Waals surface area contributed by atoms with E-state index in [0.717, 1.165) is 0 Å². The van der Waals surface area contributed by atoms with Crippen molar-refractivity contribution in [2.24, 2.45) is 0 Å². The molecule has 0 aromatic carbocycles. The highest BCUT2D eigenvalue weighted by molar-refractivity contribution is 9.10. The van der Waals surface area contributed by atoms with Crippen molar-refractivity contribution in [1.29, 1.82) is 0 Å². The van der Waals surface area contributed by atoms with Crippen LogP contribution < -0.4 is 4.74 Å². The first-order valence-corrected chi connectivity index (χ1v) is 4.34. The van der Waals surface area contributed by atoms with Crippen LogP contribution in [0.3, 0.4) is 0 Å². The van der Waals surface area contributed by atoms with E-state index >= 15 is 0 Å². The number of ether oxygens (including phenoxy) is 1. The standard InChI is InChI=1S/C8H8BrF2NO/c1-4-3-5(13-2)12-7(6(4)9)8(10)11/h3,8H,1-2H3. The fourth-order valence-corrected chi connectivity index (χ4v) is 1.28. The third kappa shape index (κ3) is 2.15. The number of aromatic nitrogens is 1. The minimum atomic E-state index is -2.59. The number of hydrogen-bond acceptors (Lipinski definition) is 2. The maximum absolute atomic E-state index is 12.4. The third-order valence-corrected chi connectivity index (χ3v) is 2.59. The van der Waals surface area contributed by atoms with Crippen LogP contribution in [0.1, 0.15) is 17.7 Å². The lowest BCUT2D eigenvalue weighted by Gasteiger charge is -2.07. The van der Waals surface area contributed by atoms with Gasteiger partial charge in [0.15, 0.2) is 0 Å². The molecule has 1 heterocycles. The van der Waals surface area contributed by atoms with Crippen molar-refractivity contribution in [3.63, 3.8) is 0 Å². The van der Waals surface area contributed by atoms with Crippen LogP contribution in [0, 0.1) is 6.92 Å². The molecule has 1 aromatic rings. The van der Waals surface area contributed by atoms with Crippen molar-refractivity contribution in [1.82, 2.24) is 4.98 Å². The van der Waals surface area contributed by atoms with Gasteiger partial charge in [-0.3, -0.25) is 0 Å². The first-order chi connectivity index (χ1) is 6.06. The van der Waals surface area contributed by atoms with E-state index in [1.165, 1.54) is 7.11 Å². The SMILES string of the molecule is COc1cc(C)c(Br)c(C(F)F)n1. The van der Waals surface area contributed by atoms with E-state index in [1.807, 2.05) is 0 Å². The summed E-state index contributed by atoms with van der Waals surface area (Å²) in [4.78, 5) is 3.63. The maximum atomic E-state index is 12.4. The summed E-state index contributed by atoms with van der Waals surface area (Å²) in [6, 6.07) is 1.59. The Bertz CT molecular complexity index is 317. The first kappa shape index (κ1) is 10.4. The van der Waals surface area contributed by atoms with Crippen LogP contribution in [0.2, 0.25) is 0 Å². The summed E-state index contributed by atoms with van der Waals surface area (Å²) in [5, 5.41) is 0. The normalized spacial score (nSPS) is 10.6. The Labute approximate surface area is 83.1 Å². The molecule has 0 aliphatic carbocycles. The fraction of sp³-hybridized carbons (Fsp3) is 0.375. The molecular weight excluding hydrogens is 244 g/mol. The first-order valence-electron chi connectivity index (χ1n) is 3.55. The van der Waals surface area contributed by atoms with Gasteiger partial charge in [0.2, 0.25) is 5.88 Å². The fourth-order valence-electron chi connectivity index (χ4n) is 0.900. The van der Waals surface area contributed by atoms with Crippen LogP contribution >= 0.6 is 15.9 Å². The number of rotatable bonds is 2. The molecule has 0 saturated carbocycles. The van der Waals surface area contributed by atoms with E-state index < -0.39 is 6.43 Å². The van der Waals surface area contributed by atoms with Crippen LogP contribution in [-0.2, 0) is 0 Å². The molecule has 0 radical (unpaired) electrons. The summed E-state index contributed by atoms with van der Waals surface area (Å²) in [5.41, 5.74) is 0.402. The second kappa shape index (κ2) is 4.00. The highest BCUT2D eigenvalue weighted by Gasteiger charge is 2.16. The number of alkyl halides is 2. The molecular formula is C8H8BrF2NO. The molecule has 0 unspecified atom stereocenters. The molecule has 72 valence electrons. The Hall–Kier alpha value is -0.710. The molecule has 0 aliphatic rings. The average Bonchev–Trinajstić information content (AvgIpc) is 2.09. The smallest absolute Gasteiger partial charge is 0.281 e. The van der Waals surface area contributed by atoms with E-state index in [-0.39, 0.29) is 11.6 Å². The molecule has 0 amide bonds. The second-order valence-electron chi connectivity index (χ2n) is 2.48. The summed E-state index contributed by atoms with van der Waals surface area (Å²) < 4.78 is 29.9. The minimum absolute atomic E-state index is 0.205. The quantitative estimate of drug-likeness (QED) is 0.806. The van der Waals surface area contributed by atoms with Crippen LogP contribution in [0.25, 0.3) is 0 Å². The summed E-state index contributed by atoms with van der Waals surface area (Å²) in [5.74, 6) is 0.205. The predicted octanol–water partition coefficient (Wildman–Crippen LogP) is 3.10. The summed E-state index contributed by atoms with van der Waals surface area (Å²) in [6.07, 6.45) is -2.59. The Morgan fingerprint density at radius 1 is 1.54 bits per heavy atom. The van der Waals surface area contributed by atoms with Crippen molar-refractivity contribution in [3.05, 3.63) is 21.8 Å². The molecule has 0 aliphatic heterocycles. The van der Waals surface area contributed by atoms with Crippen molar-refractivity contribution in [2.45, 2.75) is 13.3 Å². The highest BCUT2D eigenvalue weighted by Crippen LogP contribution is 2.30. The van der Waals surface area contributed by atoms with Crippen LogP contribution in [0.15, 0.2) is 10.5 Å². The van der Waals surface area contributed by atoms with Crippen molar-refractivity contribution in [3.8, 4) is 5.88 Å². The third-order valence-electron chi connectivity index (χ3n) is 1.56. The van der Waals surface area contributed by atoms with Gasteiger partial charge in [0, 0.05) is 10.5 Å². The van der Waals surface area contributed by atoms with Gasteiger partial charge < -0.3 is 4.74 Å². The lowest BCUT2D eigenvalue weighted by Crippen LogP contribution is -1.97. The Balaban J connectivity index is 3.25. The molecule has 0 bridgehead atoms. The van der Waals surface area contributed by atoms with Crippen LogP contribution in [0.5, 0.6) is 5.88 Å². The number of nitrogens with zero attached hydrogens (tertiary/aromatic N) is 1. The summed E-state index contributed by atoms with van der Waals surface area (Å²) in [7, 11) is 1.39. The van der Waals surface area contributed by atoms with Gasteiger partial charge in [0.25, 0.3) is 6.43 Å². The van der Waals surface area contributed by atoms with Gasteiger partial charge in [-0.1, -0.05) is 0 Å². The van der Waals surface area contributed by atoms with Crippen molar-refractivity contribution < 1.29 is 13.5 Å². The monoisotopic (exact) mass is 251 g/mol. The van der Waals surface area contributed by atoms with Gasteiger partial charge in [0.05, 0.1) is 7.11 Å². The van der Waals surface area contributed by atoms with Gasteiger partial charge in [-0.05, 0) is 28.4 Å². The molecule has 0 fully saturated rings. The van der Waals surface area contributed by atoms with Gasteiger partial charge in [-0.25, -0.2) is 13.8 Å². The molecule has 0 N–H and O–H groups in total. The molecule has 5 heteroatoms. The largest absolute Gasteiger partial charge is 0.481 e. The number of methoxy groups -OCH3 is 1. The van der Waals surface area contributed by atoms with Crippen molar-refractivity contribution >= 4 is 15.9 Å². The maximum Gasteiger partial charge on any atom is 0.281 e. The van der Waals surface area contributed by atoms with E-state index in [2.05, 4.69) is 20.9 Å². The zero-order valence-corrected chi connectivity index (χ0v) is 8.73. The zero-order valence-electron chi connectivity index (χ0n) is 7.14. The van der Waals surface area contributed by atoms with Crippen LogP contribution in [0.4, 0.5) is 8.78 Å². The van der Waals surface area contributed by atoms with E-state index in [1.54, 1.807) is 13.0 Å². The van der Waals surface area contributed by atoms with Crippen LogP contribution in [-0.4, -0.2) is 12.1 Å². The average molecular weight is 252 g/mol. The molecule has 0 atom stereocenters. The second-order valence-corrected chi connectivity index (χ2v) is 3.27. The van der Waals surface area contributed by atoms with Gasteiger partial charge in [-0.15, -0.1) is 0 Å². The predicted molar refractivity (Wildman–Crippen MR) is 48.2 cm³/mol. The molecule has 2 nitrogen and oxygen atoms in total. The molecule has 0 saturated heterocycles. The van der Waals surface area contributed by atoms with Crippen molar-refractivity contribution in [2.75, 3.05) is 7.11 Å². The number of pyridine rings is 1. The number of halogens is 3. The highest BCUT2D eigenvalue weighted by atomic mass is 79.9. The van der Waals surface area contributed by atoms with Gasteiger partial charge >= 0.3 is 0 Å². The Morgan fingerprint density at radius 3 is 2.62 bits per heavy atom. The van der Waals surface area contributed by atoms with E-state index in [0.29, 0.717) is 10.0 Å².